The van der Waals surface area contributed by atoms with Crippen molar-refractivity contribution in [3.05, 3.63) is 24.0 Å². The van der Waals surface area contributed by atoms with Crippen LogP contribution in [-0.4, -0.2) is 52.8 Å². The van der Waals surface area contributed by atoms with Gasteiger partial charge in [0.2, 0.25) is 11.8 Å². The first-order valence-electron chi connectivity index (χ1n) is 10.8. The number of aromatic amines is 1. The molecule has 27 heavy (non-hydrogen) atoms. The minimum Gasteiger partial charge on any atom is -0.365 e. The predicted octanol–water partition coefficient (Wildman–Crippen LogP) is 2.83. The summed E-state index contributed by atoms with van der Waals surface area (Å²) in [5.74, 6) is 2.98. The summed E-state index contributed by atoms with van der Waals surface area (Å²) in [6, 6.07) is 3.88. The second-order valence-corrected chi connectivity index (χ2v) is 9.60. The molecule has 0 radical (unpaired) electrons. The lowest BCUT2D eigenvalue weighted by atomic mass is 9.49. The van der Waals surface area contributed by atoms with Crippen LogP contribution in [0.25, 0.3) is 0 Å². The number of hydrogen-bond donors (Lipinski definition) is 1. The van der Waals surface area contributed by atoms with Gasteiger partial charge >= 0.3 is 0 Å². The molecule has 0 unspecified atom stereocenters. The predicted molar refractivity (Wildman–Crippen MR) is 103 cm³/mol. The van der Waals surface area contributed by atoms with E-state index in [0.717, 1.165) is 62.2 Å². The molecule has 5 nitrogen and oxygen atoms in total. The van der Waals surface area contributed by atoms with Gasteiger partial charge in [0.1, 0.15) is 0 Å². The normalized spacial score (nSPS) is 35.3. The summed E-state index contributed by atoms with van der Waals surface area (Å²) in [4.78, 5) is 33.3. The van der Waals surface area contributed by atoms with Crippen molar-refractivity contribution in [3.63, 3.8) is 0 Å². The number of nitrogens with one attached hydrogen (secondary N) is 1. The van der Waals surface area contributed by atoms with Crippen LogP contribution < -0.4 is 0 Å². The number of nitrogens with zero attached hydrogens (tertiary/aromatic N) is 2. The number of rotatable bonds is 3. The molecule has 4 bridgehead atoms. The Morgan fingerprint density at radius 2 is 1.59 bits per heavy atom. The molecule has 5 aliphatic rings. The number of carbonyl (C=O) groups excluding carboxylic acids is 2. The van der Waals surface area contributed by atoms with Crippen LogP contribution in [0, 0.1) is 23.2 Å². The topological polar surface area (TPSA) is 56.4 Å². The van der Waals surface area contributed by atoms with E-state index in [2.05, 4.69) is 9.88 Å². The molecule has 5 fully saturated rings. The summed E-state index contributed by atoms with van der Waals surface area (Å²) >= 11 is 0. The zero-order valence-electron chi connectivity index (χ0n) is 16.2. The molecule has 1 saturated heterocycles. The first-order valence-corrected chi connectivity index (χ1v) is 10.8. The zero-order valence-corrected chi connectivity index (χ0v) is 16.2. The molecule has 0 spiro atoms. The van der Waals surface area contributed by atoms with Gasteiger partial charge in [0.15, 0.2) is 0 Å². The van der Waals surface area contributed by atoms with Crippen LogP contribution in [0.3, 0.4) is 0 Å². The summed E-state index contributed by atoms with van der Waals surface area (Å²) in [6.45, 7) is 2.96. The maximum absolute atomic E-state index is 13.6. The lowest BCUT2D eigenvalue weighted by molar-refractivity contribution is -0.157. The fraction of sp³-hybridized carbons (Fsp3) is 0.727. The van der Waals surface area contributed by atoms with E-state index in [0.29, 0.717) is 25.4 Å². The first kappa shape index (κ1) is 17.3. The van der Waals surface area contributed by atoms with E-state index in [4.69, 9.17) is 0 Å². The van der Waals surface area contributed by atoms with Crippen LogP contribution in [-0.2, 0) is 16.0 Å². The van der Waals surface area contributed by atoms with Gasteiger partial charge < -0.3 is 14.8 Å². The fourth-order valence-corrected chi connectivity index (χ4v) is 6.83. The van der Waals surface area contributed by atoms with Crippen LogP contribution in [0.1, 0.15) is 50.6 Å². The minimum atomic E-state index is -0.0574. The number of amides is 2. The Balaban J connectivity index is 1.23. The molecule has 1 aliphatic heterocycles. The van der Waals surface area contributed by atoms with Crippen LogP contribution >= 0.6 is 0 Å². The van der Waals surface area contributed by atoms with Gasteiger partial charge in [-0.05, 0) is 74.8 Å². The van der Waals surface area contributed by atoms with E-state index in [1.807, 2.05) is 23.2 Å². The van der Waals surface area contributed by atoms with Crippen molar-refractivity contribution in [2.75, 3.05) is 26.2 Å². The summed E-state index contributed by atoms with van der Waals surface area (Å²) in [7, 11) is 0. The van der Waals surface area contributed by atoms with Crippen molar-refractivity contribution >= 4 is 11.8 Å². The molecule has 6 rings (SSSR count). The molecular formula is C22H31N3O2. The van der Waals surface area contributed by atoms with Crippen molar-refractivity contribution < 1.29 is 9.59 Å². The average Bonchev–Trinajstić information content (AvgIpc) is 3.01. The number of carbonyl (C=O) groups is 2. The molecule has 0 atom stereocenters. The molecule has 0 aromatic carbocycles. The molecule has 4 saturated carbocycles. The minimum absolute atomic E-state index is 0.0574. The highest BCUT2D eigenvalue weighted by atomic mass is 16.2. The van der Waals surface area contributed by atoms with Gasteiger partial charge in [0.05, 0.1) is 11.8 Å². The molecule has 2 heterocycles. The highest BCUT2D eigenvalue weighted by molar-refractivity contribution is 5.83. The van der Waals surface area contributed by atoms with Crippen LogP contribution in [0.15, 0.2) is 18.3 Å². The van der Waals surface area contributed by atoms with E-state index >= 15 is 0 Å². The van der Waals surface area contributed by atoms with Crippen LogP contribution in [0.5, 0.6) is 0 Å². The summed E-state index contributed by atoms with van der Waals surface area (Å²) in [5.41, 5.74) is 0.906. The van der Waals surface area contributed by atoms with Gasteiger partial charge in [-0.3, -0.25) is 9.59 Å². The lowest BCUT2D eigenvalue weighted by Gasteiger charge is -2.56. The molecule has 2 amide bonds. The average molecular weight is 370 g/mol. The third-order valence-electron chi connectivity index (χ3n) is 7.63. The number of aromatic nitrogens is 1. The lowest BCUT2D eigenvalue weighted by Crippen LogP contribution is -2.55. The van der Waals surface area contributed by atoms with Crippen molar-refractivity contribution in [1.29, 1.82) is 0 Å². The Labute approximate surface area is 161 Å². The smallest absolute Gasteiger partial charge is 0.228 e. The van der Waals surface area contributed by atoms with Crippen molar-refractivity contribution in [3.8, 4) is 0 Å². The first-order chi connectivity index (χ1) is 13.1. The van der Waals surface area contributed by atoms with Gasteiger partial charge in [0.25, 0.3) is 0 Å². The van der Waals surface area contributed by atoms with Crippen LogP contribution in [0.2, 0.25) is 0 Å². The number of hydrogen-bond acceptors (Lipinski definition) is 2. The van der Waals surface area contributed by atoms with Gasteiger partial charge in [0, 0.05) is 38.1 Å². The summed E-state index contributed by atoms with van der Waals surface area (Å²) in [5, 5.41) is 0. The van der Waals surface area contributed by atoms with E-state index < -0.39 is 0 Å². The van der Waals surface area contributed by atoms with Gasteiger partial charge in [-0.2, -0.15) is 0 Å². The van der Waals surface area contributed by atoms with E-state index in [1.54, 1.807) is 0 Å². The quantitative estimate of drug-likeness (QED) is 0.891. The monoisotopic (exact) mass is 369 g/mol. The Bertz CT molecular complexity index is 676. The molecule has 1 aromatic heterocycles. The van der Waals surface area contributed by atoms with E-state index in [9.17, 15) is 9.59 Å². The Hall–Kier alpha value is -1.78. The van der Waals surface area contributed by atoms with Crippen molar-refractivity contribution in [1.82, 2.24) is 14.8 Å². The number of H-pyrrole nitrogens is 1. The van der Waals surface area contributed by atoms with Gasteiger partial charge in [-0.25, -0.2) is 0 Å². The van der Waals surface area contributed by atoms with Crippen molar-refractivity contribution in [2.45, 2.75) is 51.4 Å². The second kappa shape index (κ2) is 6.68. The SMILES string of the molecule is O=C(Cc1ccc[nH]1)N1CCCN(C(=O)C23CC4CC(CC(C4)C2)C3)CC1. The maximum atomic E-state index is 13.6. The molecule has 146 valence electrons. The third kappa shape index (κ3) is 3.19. The molecule has 1 N–H and O–H groups in total. The van der Waals surface area contributed by atoms with E-state index in [-0.39, 0.29) is 11.3 Å². The summed E-state index contributed by atoms with van der Waals surface area (Å²) in [6.07, 6.45) is 10.7. The third-order valence-corrected chi connectivity index (χ3v) is 7.63. The highest BCUT2D eigenvalue weighted by Gasteiger charge is 2.55. The fourth-order valence-electron chi connectivity index (χ4n) is 6.83. The highest BCUT2D eigenvalue weighted by Crippen LogP contribution is 2.60. The van der Waals surface area contributed by atoms with Crippen LogP contribution in [0.4, 0.5) is 0 Å². The Kier molecular flexibility index (Phi) is 4.29. The maximum Gasteiger partial charge on any atom is 0.228 e. The second-order valence-electron chi connectivity index (χ2n) is 9.60. The molecular weight excluding hydrogens is 338 g/mol. The van der Waals surface area contributed by atoms with E-state index in [1.165, 1.54) is 19.3 Å². The molecule has 1 aromatic rings. The zero-order chi connectivity index (χ0) is 18.4. The van der Waals surface area contributed by atoms with Crippen molar-refractivity contribution in [2.24, 2.45) is 23.2 Å². The summed E-state index contributed by atoms with van der Waals surface area (Å²) < 4.78 is 0. The van der Waals surface area contributed by atoms with Gasteiger partial charge in [-0.1, -0.05) is 0 Å². The largest absolute Gasteiger partial charge is 0.365 e. The standard InChI is InChI=1S/C22H31N3O2/c26-20(12-19-3-1-4-23-19)24-5-2-6-25(8-7-24)21(27)22-13-16-9-17(14-22)11-18(10-16)15-22/h1,3-4,16-18,23H,2,5-15H2. The molecule has 5 heteroatoms. The Morgan fingerprint density at radius 1 is 0.963 bits per heavy atom. The molecule has 4 aliphatic carbocycles. The van der Waals surface area contributed by atoms with Gasteiger partial charge in [-0.15, -0.1) is 0 Å². The Morgan fingerprint density at radius 3 is 2.22 bits per heavy atom.